The summed E-state index contributed by atoms with van der Waals surface area (Å²) in [4.78, 5) is 11.7. The Hall–Kier alpha value is -1.29. The zero-order valence-corrected chi connectivity index (χ0v) is 9.53. The molecule has 2 atom stereocenters. The van der Waals surface area contributed by atoms with Gasteiger partial charge in [0.15, 0.2) is 5.76 Å². The standard InChI is InChI=1S/C12H18N2O2/c1-8-4-5-16-11(8)12(15)14-7-9-2-3-10(13)6-9/h4-5,9-10H,2-3,6-7,13H2,1H3,(H,14,15). The lowest BCUT2D eigenvalue weighted by Gasteiger charge is -2.10. The molecule has 0 bridgehead atoms. The van der Waals surface area contributed by atoms with Crippen LogP contribution < -0.4 is 11.1 Å². The van der Waals surface area contributed by atoms with E-state index in [1.807, 2.05) is 6.92 Å². The van der Waals surface area contributed by atoms with Crippen LogP contribution in [-0.4, -0.2) is 18.5 Å². The second-order valence-corrected chi connectivity index (χ2v) is 4.58. The highest BCUT2D eigenvalue weighted by Crippen LogP contribution is 2.23. The van der Waals surface area contributed by atoms with E-state index in [0.29, 0.717) is 24.3 Å². The van der Waals surface area contributed by atoms with E-state index in [9.17, 15) is 4.79 Å². The van der Waals surface area contributed by atoms with Gasteiger partial charge in [0.05, 0.1) is 6.26 Å². The van der Waals surface area contributed by atoms with Gasteiger partial charge in [-0.1, -0.05) is 0 Å². The van der Waals surface area contributed by atoms with E-state index in [4.69, 9.17) is 10.2 Å². The van der Waals surface area contributed by atoms with Crippen LogP contribution in [0.4, 0.5) is 0 Å². The van der Waals surface area contributed by atoms with Gasteiger partial charge in [0.1, 0.15) is 0 Å². The zero-order valence-electron chi connectivity index (χ0n) is 9.53. The fourth-order valence-corrected chi connectivity index (χ4v) is 2.22. The molecule has 16 heavy (non-hydrogen) atoms. The number of carbonyl (C=O) groups excluding carboxylic acids is 1. The lowest BCUT2D eigenvalue weighted by atomic mass is 10.1. The summed E-state index contributed by atoms with van der Waals surface area (Å²) in [6, 6.07) is 2.10. The molecule has 2 unspecified atom stereocenters. The molecule has 0 aromatic carbocycles. The van der Waals surface area contributed by atoms with Crippen molar-refractivity contribution in [3.05, 3.63) is 23.7 Å². The van der Waals surface area contributed by atoms with Crippen LogP contribution in [0.15, 0.2) is 16.7 Å². The van der Waals surface area contributed by atoms with E-state index >= 15 is 0 Å². The van der Waals surface area contributed by atoms with Gasteiger partial charge < -0.3 is 15.5 Å². The number of amides is 1. The van der Waals surface area contributed by atoms with Crippen LogP contribution in [0.5, 0.6) is 0 Å². The van der Waals surface area contributed by atoms with Crippen molar-refractivity contribution in [3.63, 3.8) is 0 Å². The average molecular weight is 222 g/mol. The predicted octanol–water partition coefficient (Wildman–Crippen LogP) is 1.45. The van der Waals surface area contributed by atoms with Crippen molar-refractivity contribution in [3.8, 4) is 0 Å². The van der Waals surface area contributed by atoms with Crippen molar-refractivity contribution in [1.29, 1.82) is 0 Å². The van der Waals surface area contributed by atoms with Gasteiger partial charge in [0.2, 0.25) is 0 Å². The summed E-state index contributed by atoms with van der Waals surface area (Å²) >= 11 is 0. The van der Waals surface area contributed by atoms with Crippen LogP contribution in [0.2, 0.25) is 0 Å². The van der Waals surface area contributed by atoms with Crippen LogP contribution in [0.25, 0.3) is 0 Å². The predicted molar refractivity (Wildman–Crippen MR) is 61.1 cm³/mol. The molecular formula is C12H18N2O2. The number of hydrogen-bond donors (Lipinski definition) is 2. The van der Waals surface area contributed by atoms with Gasteiger partial charge >= 0.3 is 0 Å². The van der Waals surface area contributed by atoms with E-state index in [-0.39, 0.29) is 5.91 Å². The topological polar surface area (TPSA) is 68.3 Å². The molecule has 88 valence electrons. The minimum atomic E-state index is -0.122. The number of nitrogens with one attached hydrogen (secondary N) is 1. The van der Waals surface area contributed by atoms with Crippen molar-refractivity contribution < 1.29 is 9.21 Å². The van der Waals surface area contributed by atoms with Gasteiger partial charge in [-0.05, 0) is 38.2 Å². The number of hydrogen-bond acceptors (Lipinski definition) is 3. The second-order valence-electron chi connectivity index (χ2n) is 4.58. The SMILES string of the molecule is Cc1ccoc1C(=O)NCC1CCC(N)C1. The fourth-order valence-electron chi connectivity index (χ4n) is 2.22. The Morgan fingerprint density at radius 3 is 3.00 bits per heavy atom. The zero-order chi connectivity index (χ0) is 11.5. The Labute approximate surface area is 95.2 Å². The Kier molecular flexibility index (Phi) is 3.29. The molecular weight excluding hydrogens is 204 g/mol. The summed E-state index contributed by atoms with van der Waals surface area (Å²) in [5, 5.41) is 2.90. The third kappa shape index (κ3) is 2.44. The van der Waals surface area contributed by atoms with Crippen LogP contribution in [0, 0.1) is 12.8 Å². The smallest absolute Gasteiger partial charge is 0.287 e. The normalized spacial score (nSPS) is 24.6. The largest absolute Gasteiger partial charge is 0.459 e. The average Bonchev–Trinajstić information content (AvgIpc) is 2.84. The number of carbonyl (C=O) groups is 1. The van der Waals surface area contributed by atoms with E-state index < -0.39 is 0 Å². The first-order valence-electron chi connectivity index (χ1n) is 5.74. The Balaban J connectivity index is 1.82. The van der Waals surface area contributed by atoms with E-state index in [1.165, 1.54) is 6.26 Å². The number of rotatable bonds is 3. The van der Waals surface area contributed by atoms with Crippen LogP contribution in [0.1, 0.15) is 35.4 Å². The van der Waals surface area contributed by atoms with Crippen molar-refractivity contribution in [2.75, 3.05) is 6.54 Å². The van der Waals surface area contributed by atoms with Crippen LogP contribution in [-0.2, 0) is 0 Å². The molecule has 0 spiro atoms. The Bertz CT molecular complexity index is 373. The Morgan fingerprint density at radius 1 is 1.62 bits per heavy atom. The summed E-state index contributed by atoms with van der Waals surface area (Å²) in [6.45, 7) is 2.57. The van der Waals surface area contributed by atoms with Crippen molar-refractivity contribution in [2.24, 2.45) is 11.7 Å². The quantitative estimate of drug-likeness (QED) is 0.813. The van der Waals surface area contributed by atoms with Gasteiger partial charge in [-0.15, -0.1) is 0 Å². The molecule has 3 N–H and O–H groups in total. The third-order valence-electron chi connectivity index (χ3n) is 3.20. The van der Waals surface area contributed by atoms with Crippen molar-refractivity contribution >= 4 is 5.91 Å². The molecule has 1 heterocycles. The molecule has 1 aliphatic carbocycles. The maximum atomic E-state index is 11.7. The summed E-state index contributed by atoms with van der Waals surface area (Å²) < 4.78 is 5.13. The molecule has 1 amide bonds. The Morgan fingerprint density at radius 2 is 2.44 bits per heavy atom. The molecule has 2 rings (SSSR count). The second kappa shape index (κ2) is 4.70. The molecule has 1 fully saturated rings. The molecule has 4 heteroatoms. The third-order valence-corrected chi connectivity index (χ3v) is 3.20. The first-order valence-corrected chi connectivity index (χ1v) is 5.74. The number of aryl methyl sites for hydroxylation is 1. The van der Waals surface area contributed by atoms with Crippen molar-refractivity contribution in [1.82, 2.24) is 5.32 Å². The molecule has 0 aliphatic heterocycles. The van der Waals surface area contributed by atoms with Gasteiger partial charge in [-0.2, -0.15) is 0 Å². The molecule has 1 aliphatic rings. The molecule has 1 saturated carbocycles. The highest BCUT2D eigenvalue weighted by molar-refractivity contribution is 5.92. The van der Waals surface area contributed by atoms with Crippen LogP contribution >= 0.6 is 0 Å². The van der Waals surface area contributed by atoms with E-state index in [1.54, 1.807) is 6.07 Å². The maximum Gasteiger partial charge on any atom is 0.287 e. The molecule has 0 radical (unpaired) electrons. The molecule has 1 aromatic heterocycles. The summed E-state index contributed by atoms with van der Waals surface area (Å²) in [7, 11) is 0. The highest BCUT2D eigenvalue weighted by atomic mass is 16.3. The lowest BCUT2D eigenvalue weighted by molar-refractivity contribution is 0.0918. The van der Waals surface area contributed by atoms with E-state index in [2.05, 4.69) is 5.32 Å². The summed E-state index contributed by atoms with van der Waals surface area (Å²) in [5.41, 5.74) is 6.69. The lowest BCUT2D eigenvalue weighted by Crippen LogP contribution is -2.29. The fraction of sp³-hybridized carbons (Fsp3) is 0.583. The van der Waals surface area contributed by atoms with Gasteiger partial charge in [-0.25, -0.2) is 0 Å². The van der Waals surface area contributed by atoms with Crippen molar-refractivity contribution in [2.45, 2.75) is 32.2 Å². The van der Waals surface area contributed by atoms with E-state index in [0.717, 1.165) is 24.8 Å². The monoisotopic (exact) mass is 222 g/mol. The number of furan rings is 1. The first kappa shape index (κ1) is 11.2. The highest BCUT2D eigenvalue weighted by Gasteiger charge is 2.22. The van der Waals surface area contributed by atoms with Gasteiger partial charge in [-0.3, -0.25) is 4.79 Å². The van der Waals surface area contributed by atoms with Gasteiger partial charge in [0.25, 0.3) is 5.91 Å². The maximum absolute atomic E-state index is 11.7. The molecule has 0 saturated heterocycles. The number of nitrogens with two attached hydrogens (primary N) is 1. The summed E-state index contributed by atoms with van der Waals surface area (Å²) in [5.74, 6) is 0.819. The molecule has 1 aromatic rings. The first-order chi connectivity index (χ1) is 7.66. The van der Waals surface area contributed by atoms with Crippen LogP contribution in [0.3, 0.4) is 0 Å². The minimum absolute atomic E-state index is 0.122. The van der Waals surface area contributed by atoms with Gasteiger partial charge in [0, 0.05) is 18.2 Å². The molecule has 4 nitrogen and oxygen atoms in total. The minimum Gasteiger partial charge on any atom is -0.459 e. The summed E-state index contributed by atoms with van der Waals surface area (Å²) in [6.07, 6.45) is 4.73.